The van der Waals surface area contributed by atoms with E-state index < -0.39 is 31.1 Å². The van der Waals surface area contributed by atoms with Crippen LogP contribution in [0.4, 0.5) is 11.5 Å². The molecule has 2 aromatic heterocycles. The summed E-state index contributed by atoms with van der Waals surface area (Å²) in [5.41, 5.74) is 2.76. The number of hydrogen-bond donors (Lipinski definition) is 4. The fourth-order valence-corrected chi connectivity index (χ4v) is 4.43. The summed E-state index contributed by atoms with van der Waals surface area (Å²) in [5, 5.41) is 34.7. The highest BCUT2D eigenvalue weighted by atomic mass is 35.5. The van der Waals surface area contributed by atoms with E-state index in [1.807, 2.05) is 60.7 Å². The maximum Gasteiger partial charge on any atom is 0.165 e. The summed E-state index contributed by atoms with van der Waals surface area (Å²) < 4.78 is 7.31. The van der Waals surface area contributed by atoms with Gasteiger partial charge in [-0.1, -0.05) is 60.1 Å². The molecule has 8 nitrogen and oxygen atoms in total. The fourth-order valence-electron chi connectivity index (χ4n) is 4.05. The Morgan fingerprint density at radius 3 is 2.31 bits per heavy atom. The van der Waals surface area contributed by atoms with Gasteiger partial charge in [0, 0.05) is 11.3 Å². The van der Waals surface area contributed by atoms with Crippen LogP contribution >= 0.6 is 11.6 Å². The van der Waals surface area contributed by atoms with Crippen molar-refractivity contribution >= 4 is 34.1 Å². The van der Waals surface area contributed by atoms with Crippen molar-refractivity contribution in [2.75, 3.05) is 11.9 Å². The lowest BCUT2D eigenvalue weighted by Gasteiger charge is -2.18. The van der Waals surface area contributed by atoms with E-state index in [0.717, 1.165) is 11.3 Å². The van der Waals surface area contributed by atoms with Gasteiger partial charge in [0.15, 0.2) is 6.23 Å². The lowest BCUT2D eigenvalue weighted by atomic mass is 10.1. The highest BCUT2D eigenvalue weighted by molar-refractivity contribution is 6.35. The monoisotopic (exact) mass is 452 g/mol. The maximum absolute atomic E-state index is 10.7. The Morgan fingerprint density at radius 1 is 0.969 bits per heavy atom. The van der Waals surface area contributed by atoms with Gasteiger partial charge in [-0.2, -0.15) is 0 Å². The molecule has 0 bridgehead atoms. The Hall–Kier alpha value is -3.01. The van der Waals surface area contributed by atoms with Crippen molar-refractivity contribution in [1.29, 1.82) is 0 Å². The number of aromatic nitrogens is 3. The molecule has 0 unspecified atom stereocenters. The molecule has 0 saturated carbocycles. The molecule has 3 heterocycles. The molecule has 5 rings (SSSR count). The van der Waals surface area contributed by atoms with Gasteiger partial charge < -0.3 is 25.4 Å². The predicted octanol–water partition coefficient (Wildman–Crippen LogP) is 3.11. The Kier molecular flexibility index (Phi) is 5.54. The SMILES string of the molecule is OC[C@H]1O[C@@H](n2c(Cl)c(-c3ccccc3)c3c(Nc4ccccc4)ncnc32)[C@@H](O)[C@H]1O. The van der Waals surface area contributed by atoms with E-state index in [0.29, 0.717) is 22.4 Å². The van der Waals surface area contributed by atoms with Crippen LogP contribution in [0, 0.1) is 0 Å². The van der Waals surface area contributed by atoms with Gasteiger partial charge in [-0.3, -0.25) is 4.57 Å². The second-order valence-corrected chi connectivity index (χ2v) is 7.90. The van der Waals surface area contributed by atoms with Gasteiger partial charge in [0.1, 0.15) is 41.3 Å². The number of fused-ring (bicyclic) bond motifs is 1. The van der Waals surface area contributed by atoms with Crippen LogP contribution < -0.4 is 5.32 Å². The van der Waals surface area contributed by atoms with Gasteiger partial charge in [-0.25, -0.2) is 9.97 Å². The molecule has 0 radical (unpaired) electrons. The number of ether oxygens (including phenoxy) is 1. The largest absolute Gasteiger partial charge is 0.394 e. The van der Waals surface area contributed by atoms with E-state index in [4.69, 9.17) is 16.3 Å². The molecular formula is C23H21ClN4O4. The first-order valence-corrected chi connectivity index (χ1v) is 10.5. The molecule has 0 aliphatic carbocycles. The molecule has 4 atom stereocenters. The summed E-state index contributed by atoms with van der Waals surface area (Å²) in [6, 6.07) is 19.1. The molecule has 4 aromatic rings. The molecule has 32 heavy (non-hydrogen) atoms. The molecule has 1 fully saturated rings. The lowest BCUT2D eigenvalue weighted by molar-refractivity contribution is -0.0507. The molecule has 0 spiro atoms. The second-order valence-electron chi connectivity index (χ2n) is 7.54. The third-order valence-corrected chi connectivity index (χ3v) is 5.96. The number of aliphatic hydroxyl groups is 3. The van der Waals surface area contributed by atoms with Gasteiger partial charge in [-0.15, -0.1) is 0 Å². The number of rotatable bonds is 5. The van der Waals surface area contributed by atoms with Crippen LogP contribution in [0.3, 0.4) is 0 Å². The number of para-hydroxylation sites is 1. The van der Waals surface area contributed by atoms with Crippen molar-refractivity contribution in [3.8, 4) is 11.1 Å². The van der Waals surface area contributed by atoms with Gasteiger partial charge in [-0.05, 0) is 17.7 Å². The summed E-state index contributed by atoms with van der Waals surface area (Å²) in [5.74, 6) is 0.535. The predicted molar refractivity (Wildman–Crippen MR) is 121 cm³/mol. The lowest BCUT2D eigenvalue weighted by Crippen LogP contribution is -2.33. The zero-order valence-electron chi connectivity index (χ0n) is 16.8. The number of anilines is 2. The number of nitrogens with one attached hydrogen (secondary N) is 1. The van der Waals surface area contributed by atoms with E-state index in [1.165, 1.54) is 6.33 Å². The number of hydrogen-bond acceptors (Lipinski definition) is 7. The second kappa shape index (κ2) is 8.50. The molecular weight excluding hydrogens is 432 g/mol. The maximum atomic E-state index is 10.7. The van der Waals surface area contributed by atoms with Crippen molar-refractivity contribution in [2.45, 2.75) is 24.5 Å². The van der Waals surface area contributed by atoms with Crippen molar-refractivity contribution in [3.63, 3.8) is 0 Å². The van der Waals surface area contributed by atoms with E-state index in [1.54, 1.807) is 4.57 Å². The highest BCUT2D eigenvalue weighted by Gasteiger charge is 2.45. The van der Waals surface area contributed by atoms with Crippen LogP contribution in [-0.2, 0) is 4.74 Å². The summed E-state index contributed by atoms with van der Waals surface area (Å²) in [6.45, 7) is -0.438. The van der Waals surface area contributed by atoms with Crippen LogP contribution in [0.1, 0.15) is 6.23 Å². The molecule has 164 valence electrons. The van der Waals surface area contributed by atoms with E-state index in [9.17, 15) is 15.3 Å². The molecule has 1 aliphatic rings. The van der Waals surface area contributed by atoms with Crippen molar-refractivity contribution < 1.29 is 20.1 Å². The fraction of sp³-hybridized carbons (Fsp3) is 0.217. The quantitative estimate of drug-likeness (QED) is 0.368. The zero-order valence-corrected chi connectivity index (χ0v) is 17.6. The number of halogens is 1. The Bertz CT molecular complexity index is 1240. The number of aliphatic hydroxyl groups excluding tert-OH is 3. The van der Waals surface area contributed by atoms with Crippen molar-refractivity contribution in [3.05, 3.63) is 72.1 Å². The summed E-state index contributed by atoms with van der Waals surface area (Å²) >= 11 is 6.88. The average Bonchev–Trinajstić information content (AvgIpc) is 3.28. The normalized spacial score (nSPS) is 23.0. The molecule has 1 saturated heterocycles. The minimum atomic E-state index is -1.30. The molecule has 0 amide bonds. The van der Waals surface area contributed by atoms with Crippen molar-refractivity contribution in [1.82, 2.24) is 14.5 Å². The first kappa shape index (κ1) is 20.9. The Labute approximate surface area is 188 Å². The first-order chi connectivity index (χ1) is 15.6. The summed E-state index contributed by atoms with van der Waals surface area (Å²) in [7, 11) is 0. The first-order valence-electron chi connectivity index (χ1n) is 10.1. The van der Waals surface area contributed by atoms with E-state index in [-0.39, 0.29) is 5.15 Å². The minimum Gasteiger partial charge on any atom is -0.394 e. The molecule has 2 aromatic carbocycles. The number of benzene rings is 2. The molecule has 9 heteroatoms. The third kappa shape index (κ3) is 3.42. The standard InChI is InChI=1S/C23H21ClN4O4/c24-20-16(13-7-3-1-4-8-13)17-21(27-14-9-5-2-6-10-14)25-12-26-22(17)28(20)23-19(31)18(30)15(11-29)32-23/h1-10,12,15,18-19,23,29-31H,11H2,(H,25,26,27)/t15-,18+,19+,23-/m1/s1. The third-order valence-electron chi connectivity index (χ3n) is 5.59. The van der Waals surface area contributed by atoms with E-state index in [2.05, 4.69) is 15.3 Å². The summed E-state index contributed by atoms with van der Waals surface area (Å²) in [4.78, 5) is 8.89. The topological polar surface area (TPSA) is 113 Å². The van der Waals surface area contributed by atoms with Crippen LogP contribution in [0.5, 0.6) is 0 Å². The zero-order chi connectivity index (χ0) is 22.2. The van der Waals surface area contributed by atoms with Crippen LogP contribution in [0.15, 0.2) is 67.0 Å². The van der Waals surface area contributed by atoms with Crippen LogP contribution in [-0.4, -0.2) is 54.8 Å². The van der Waals surface area contributed by atoms with Gasteiger partial charge in [0.05, 0.1) is 12.0 Å². The highest BCUT2D eigenvalue weighted by Crippen LogP contribution is 2.44. The van der Waals surface area contributed by atoms with Gasteiger partial charge in [0.25, 0.3) is 0 Å². The Morgan fingerprint density at radius 2 is 1.66 bits per heavy atom. The van der Waals surface area contributed by atoms with Crippen LogP contribution in [0.2, 0.25) is 5.15 Å². The number of nitrogens with zero attached hydrogens (tertiary/aromatic N) is 3. The minimum absolute atomic E-state index is 0.276. The van der Waals surface area contributed by atoms with Crippen LogP contribution in [0.25, 0.3) is 22.2 Å². The van der Waals surface area contributed by atoms with E-state index >= 15 is 0 Å². The average molecular weight is 453 g/mol. The molecule has 1 aliphatic heterocycles. The molecule has 4 N–H and O–H groups in total. The summed E-state index contributed by atoms with van der Waals surface area (Å²) in [6.07, 6.45) is -3.13. The van der Waals surface area contributed by atoms with Gasteiger partial charge >= 0.3 is 0 Å². The smallest absolute Gasteiger partial charge is 0.165 e. The van der Waals surface area contributed by atoms with Crippen molar-refractivity contribution in [2.24, 2.45) is 0 Å². The Balaban J connectivity index is 1.74. The van der Waals surface area contributed by atoms with Gasteiger partial charge in [0.2, 0.25) is 0 Å².